The summed E-state index contributed by atoms with van der Waals surface area (Å²) < 4.78 is 10.7. The first-order chi connectivity index (χ1) is 14.1. The number of carbonyl (C=O) groups excluding carboxylic acids is 2. The summed E-state index contributed by atoms with van der Waals surface area (Å²) in [6.07, 6.45) is 5.63. The molecule has 2 aromatic rings. The molecule has 3 heterocycles. The highest BCUT2D eigenvalue weighted by Crippen LogP contribution is 2.31. The summed E-state index contributed by atoms with van der Waals surface area (Å²) in [5, 5.41) is 4.58. The maximum absolute atomic E-state index is 12.9. The van der Waals surface area contributed by atoms with E-state index in [-0.39, 0.29) is 30.4 Å². The fraction of sp³-hybridized carbons (Fsp3) is 0.333. The topological polar surface area (TPSA) is 87.0 Å². The maximum Gasteiger partial charge on any atom is 0.251 e. The Morgan fingerprint density at radius 1 is 1.28 bits per heavy atom. The number of nitrogens with zero attached hydrogens (tertiary/aromatic N) is 2. The zero-order chi connectivity index (χ0) is 20.2. The van der Waals surface area contributed by atoms with E-state index in [0.717, 1.165) is 11.3 Å². The quantitative estimate of drug-likeness (QED) is 0.744. The third kappa shape index (κ3) is 4.27. The van der Waals surface area contributed by atoms with Crippen LogP contribution >= 0.6 is 0 Å². The van der Waals surface area contributed by atoms with Crippen LogP contribution in [0.4, 0.5) is 0 Å². The van der Waals surface area contributed by atoms with Gasteiger partial charge in [0.05, 0.1) is 25.5 Å². The SMILES string of the molecule is CCOc1ccc(C2CC3C(=O)N(CC(=O)NCc4ccco4)C=CN3N2)cc1. The molecular weight excluding hydrogens is 372 g/mol. The molecule has 0 spiro atoms. The Hall–Kier alpha value is -3.26. The Kier molecular flexibility index (Phi) is 5.53. The number of hydrogen-bond donors (Lipinski definition) is 2. The molecule has 1 aromatic carbocycles. The molecular formula is C21H24N4O4. The van der Waals surface area contributed by atoms with Crippen molar-refractivity contribution in [3.05, 3.63) is 66.4 Å². The summed E-state index contributed by atoms with van der Waals surface area (Å²) in [5.74, 6) is 1.17. The summed E-state index contributed by atoms with van der Waals surface area (Å²) in [4.78, 5) is 26.5. The summed E-state index contributed by atoms with van der Waals surface area (Å²) in [6, 6.07) is 11.1. The molecule has 8 heteroatoms. The summed E-state index contributed by atoms with van der Waals surface area (Å²) >= 11 is 0. The van der Waals surface area contributed by atoms with Gasteiger partial charge in [-0.2, -0.15) is 0 Å². The first kappa shape index (κ1) is 19.1. The molecule has 2 aliphatic rings. The lowest BCUT2D eigenvalue weighted by Crippen LogP contribution is -2.50. The van der Waals surface area contributed by atoms with Crippen LogP contribution in [0.1, 0.15) is 30.7 Å². The second-order valence-electron chi connectivity index (χ2n) is 6.96. The van der Waals surface area contributed by atoms with Gasteiger partial charge < -0.3 is 24.4 Å². The second-order valence-corrected chi connectivity index (χ2v) is 6.96. The summed E-state index contributed by atoms with van der Waals surface area (Å²) in [6.45, 7) is 2.86. The smallest absolute Gasteiger partial charge is 0.251 e. The van der Waals surface area contributed by atoms with Crippen LogP contribution < -0.4 is 15.5 Å². The van der Waals surface area contributed by atoms with E-state index in [2.05, 4.69) is 10.7 Å². The standard InChI is InChI=1S/C21H24N4O4/c1-2-28-16-7-5-15(6-8-16)18-12-19-21(27)24(9-10-25(19)23-18)14-20(26)22-13-17-4-3-11-29-17/h3-11,18-19,23H,2,12-14H2,1H3,(H,22,26). The van der Waals surface area contributed by atoms with Crippen LogP contribution in [0.15, 0.2) is 59.5 Å². The maximum atomic E-state index is 12.9. The van der Waals surface area contributed by atoms with Crippen molar-refractivity contribution < 1.29 is 18.7 Å². The monoisotopic (exact) mass is 396 g/mol. The van der Waals surface area contributed by atoms with Gasteiger partial charge in [-0.1, -0.05) is 12.1 Å². The van der Waals surface area contributed by atoms with Gasteiger partial charge in [0.1, 0.15) is 24.1 Å². The molecule has 2 aliphatic heterocycles. The number of rotatable bonds is 7. The number of benzene rings is 1. The predicted octanol–water partition coefficient (Wildman–Crippen LogP) is 1.93. The minimum atomic E-state index is -0.338. The molecule has 1 aromatic heterocycles. The Labute approximate surface area is 169 Å². The Balaban J connectivity index is 1.34. The molecule has 2 unspecified atom stereocenters. The average Bonchev–Trinajstić information content (AvgIpc) is 3.39. The summed E-state index contributed by atoms with van der Waals surface area (Å²) in [5.41, 5.74) is 4.44. The number of nitrogens with one attached hydrogen (secondary N) is 2. The Morgan fingerprint density at radius 3 is 2.83 bits per heavy atom. The van der Waals surface area contributed by atoms with Gasteiger partial charge in [-0.15, -0.1) is 0 Å². The van der Waals surface area contributed by atoms with Crippen LogP contribution in [0, 0.1) is 0 Å². The van der Waals surface area contributed by atoms with E-state index in [1.165, 1.54) is 4.90 Å². The van der Waals surface area contributed by atoms with Crippen LogP contribution in [-0.4, -0.2) is 40.9 Å². The zero-order valence-electron chi connectivity index (χ0n) is 16.2. The third-order valence-electron chi connectivity index (χ3n) is 5.02. The molecule has 2 atom stereocenters. The third-order valence-corrected chi connectivity index (χ3v) is 5.02. The number of amides is 2. The van der Waals surface area contributed by atoms with Gasteiger partial charge in [-0.3, -0.25) is 9.59 Å². The number of ether oxygens (including phenoxy) is 1. The van der Waals surface area contributed by atoms with E-state index in [1.54, 1.807) is 30.8 Å². The van der Waals surface area contributed by atoms with E-state index in [9.17, 15) is 9.59 Å². The highest BCUT2D eigenvalue weighted by atomic mass is 16.5. The lowest BCUT2D eigenvalue weighted by atomic mass is 10.0. The minimum Gasteiger partial charge on any atom is -0.494 e. The lowest BCUT2D eigenvalue weighted by Gasteiger charge is -2.31. The van der Waals surface area contributed by atoms with Gasteiger partial charge >= 0.3 is 0 Å². The van der Waals surface area contributed by atoms with Crippen molar-refractivity contribution in [3.63, 3.8) is 0 Å². The van der Waals surface area contributed by atoms with Crippen molar-refractivity contribution in [1.82, 2.24) is 20.7 Å². The number of hydrogen-bond acceptors (Lipinski definition) is 6. The average molecular weight is 396 g/mol. The lowest BCUT2D eigenvalue weighted by molar-refractivity contribution is -0.138. The fourth-order valence-electron chi connectivity index (χ4n) is 3.56. The number of furan rings is 1. The van der Waals surface area contributed by atoms with Gasteiger partial charge in [0, 0.05) is 12.4 Å². The number of carbonyl (C=O) groups is 2. The fourth-order valence-corrected chi connectivity index (χ4v) is 3.56. The van der Waals surface area contributed by atoms with E-state index in [1.807, 2.05) is 36.2 Å². The van der Waals surface area contributed by atoms with Crippen molar-refractivity contribution in [2.24, 2.45) is 0 Å². The Bertz CT molecular complexity index is 879. The first-order valence-electron chi connectivity index (χ1n) is 9.69. The van der Waals surface area contributed by atoms with Crippen LogP contribution in [0.2, 0.25) is 0 Å². The number of hydrazine groups is 1. The van der Waals surface area contributed by atoms with Crippen molar-refractivity contribution in [2.75, 3.05) is 13.2 Å². The minimum absolute atomic E-state index is 0.0197. The molecule has 1 saturated heterocycles. The zero-order valence-corrected chi connectivity index (χ0v) is 16.2. The van der Waals surface area contributed by atoms with Crippen LogP contribution in [0.5, 0.6) is 5.75 Å². The van der Waals surface area contributed by atoms with E-state index >= 15 is 0 Å². The van der Waals surface area contributed by atoms with Crippen LogP contribution in [-0.2, 0) is 16.1 Å². The molecule has 0 bridgehead atoms. The van der Waals surface area contributed by atoms with Crippen molar-refractivity contribution in [3.8, 4) is 5.75 Å². The van der Waals surface area contributed by atoms with E-state index in [4.69, 9.17) is 9.15 Å². The van der Waals surface area contributed by atoms with Gasteiger partial charge in [-0.05, 0) is 43.2 Å². The molecule has 4 rings (SSSR count). The molecule has 8 nitrogen and oxygen atoms in total. The molecule has 29 heavy (non-hydrogen) atoms. The van der Waals surface area contributed by atoms with E-state index < -0.39 is 0 Å². The largest absolute Gasteiger partial charge is 0.494 e. The molecule has 2 amide bonds. The highest BCUT2D eigenvalue weighted by Gasteiger charge is 2.40. The first-order valence-corrected chi connectivity index (χ1v) is 9.69. The van der Waals surface area contributed by atoms with E-state index in [0.29, 0.717) is 25.3 Å². The van der Waals surface area contributed by atoms with Crippen LogP contribution in [0.3, 0.4) is 0 Å². The molecule has 152 valence electrons. The molecule has 1 fully saturated rings. The highest BCUT2D eigenvalue weighted by molar-refractivity contribution is 5.89. The van der Waals surface area contributed by atoms with Crippen molar-refractivity contribution >= 4 is 11.8 Å². The van der Waals surface area contributed by atoms with Crippen LogP contribution in [0.25, 0.3) is 0 Å². The number of fused-ring (bicyclic) bond motifs is 1. The summed E-state index contributed by atoms with van der Waals surface area (Å²) in [7, 11) is 0. The molecule has 2 N–H and O–H groups in total. The molecule has 0 radical (unpaired) electrons. The molecule has 0 aliphatic carbocycles. The van der Waals surface area contributed by atoms with Gasteiger partial charge in [-0.25, -0.2) is 5.43 Å². The van der Waals surface area contributed by atoms with Crippen molar-refractivity contribution in [1.29, 1.82) is 0 Å². The normalized spacial score (nSPS) is 20.7. The Morgan fingerprint density at radius 2 is 2.10 bits per heavy atom. The predicted molar refractivity (Wildman–Crippen MR) is 105 cm³/mol. The second kappa shape index (κ2) is 8.40. The van der Waals surface area contributed by atoms with Gasteiger partial charge in [0.25, 0.3) is 5.91 Å². The van der Waals surface area contributed by atoms with Gasteiger partial charge in [0.15, 0.2) is 0 Å². The van der Waals surface area contributed by atoms with Gasteiger partial charge in [0.2, 0.25) is 5.91 Å². The van der Waals surface area contributed by atoms with Crippen molar-refractivity contribution in [2.45, 2.75) is 32.0 Å². The molecule has 0 saturated carbocycles.